The summed E-state index contributed by atoms with van der Waals surface area (Å²) in [5.41, 5.74) is -2.64. The Morgan fingerprint density at radius 2 is 1.94 bits per heavy atom. The van der Waals surface area contributed by atoms with Crippen molar-refractivity contribution < 1.29 is 31.1 Å². The third-order valence-electron chi connectivity index (χ3n) is 5.32. The number of rotatable bonds is 7. The molecule has 178 valence electrons. The summed E-state index contributed by atoms with van der Waals surface area (Å²) < 4.78 is 89.5. The maximum absolute atomic E-state index is 14.8. The third kappa shape index (κ3) is 4.76. The van der Waals surface area contributed by atoms with Gasteiger partial charge in [-0.2, -0.15) is 28.1 Å². The van der Waals surface area contributed by atoms with Gasteiger partial charge in [0.05, 0.1) is 24.9 Å². The van der Waals surface area contributed by atoms with Gasteiger partial charge >= 0.3 is 11.9 Å². The Morgan fingerprint density at radius 3 is 2.55 bits per heavy atom. The molecule has 0 N–H and O–H groups in total. The first-order valence-electron chi connectivity index (χ1n) is 10.0. The van der Waals surface area contributed by atoms with E-state index in [2.05, 4.69) is 10.2 Å². The molecule has 2 aromatic heterocycles. The Labute approximate surface area is 183 Å². The van der Waals surface area contributed by atoms with Gasteiger partial charge in [-0.25, -0.2) is 18.0 Å². The molecule has 2 heterocycles. The number of hydrogen-bond donors (Lipinski definition) is 0. The summed E-state index contributed by atoms with van der Waals surface area (Å²) in [6.45, 7) is 2.24. The van der Waals surface area contributed by atoms with Crippen molar-refractivity contribution in [3.05, 3.63) is 58.3 Å². The molecule has 0 aliphatic heterocycles. The van der Waals surface area contributed by atoms with Gasteiger partial charge in [-0.05, 0) is 13.0 Å². The van der Waals surface area contributed by atoms with Crippen molar-refractivity contribution in [3.8, 4) is 11.4 Å². The number of ether oxygens (including phenoxy) is 1. The van der Waals surface area contributed by atoms with Crippen LogP contribution in [0.3, 0.4) is 0 Å². The fourth-order valence-electron chi connectivity index (χ4n) is 3.61. The van der Waals surface area contributed by atoms with Gasteiger partial charge in [-0.1, -0.05) is 0 Å². The summed E-state index contributed by atoms with van der Waals surface area (Å²) in [6, 6.07) is 1.34. The smallest absolute Gasteiger partial charge is 0.419 e. The van der Waals surface area contributed by atoms with Crippen LogP contribution in [0.5, 0.6) is 5.75 Å². The van der Waals surface area contributed by atoms with Crippen molar-refractivity contribution in [2.45, 2.75) is 45.0 Å². The van der Waals surface area contributed by atoms with E-state index in [1.54, 1.807) is 10.9 Å². The second-order valence-corrected chi connectivity index (χ2v) is 7.90. The first-order valence-corrected chi connectivity index (χ1v) is 10.0. The van der Waals surface area contributed by atoms with Gasteiger partial charge in [0.25, 0.3) is 0 Å². The Hall–Kier alpha value is -3.25. The highest BCUT2D eigenvalue weighted by atomic mass is 19.4. The summed E-state index contributed by atoms with van der Waals surface area (Å²) >= 11 is 0. The molecule has 0 bridgehead atoms. The molecule has 1 aromatic carbocycles. The van der Waals surface area contributed by atoms with E-state index in [9.17, 15) is 31.1 Å². The van der Waals surface area contributed by atoms with Gasteiger partial charge in [0.2, 0.25) is 5.92 Å². The number of hydrogen-bond acceptors (Lipinski definition) is 4. The lowest BCUT2D eigenvalue weighted by atomic mass is 9.82. The summed E-state index contributed by atoms with van der Waals surface area (Å²) in [6.07, 6.45) is -1.68. The number of halogens is 6. The van der Waals surface area contributed by atoms with E-state index in [0.29, 0.717) is 22.9 Å². The standard InChI is InChI=1S/C20H19F6N5O2/c1-2-30-9-13(7-27-30)8-29-11-28-31(18(29)32)16-4-14(3-15(17(16)21)20(24,25)26)33-10-12-5-19(22,23)6-12/h3-4,7,9,11-12H,2,5-6,8,10H2,1H3. The van der Waals surface area contributed by atoms with Crippen LogP contribution in [-0.2, 0) is 19.3 Å². The van der Waals surface area contributed by atoms with E-state index in [-0.39, 0.29) is 13.2 Å². The molecule has 0 atom stereocenters. The van der Waals surface area contributed by atoms with Crippen molar-refractivity contribution in [1.29, 1.82) is 0 Å². The molecule has 3 aromatic rings. The molecule has 1 fully saturated rings. The topological polar surface area (TPSA) is 66.9 Å². The number of aryl methyl sites for hydroxylation is 1. The molecule has 1 saturated carbocycles. The van der Waals surface area contributed by atoms with E-state index in [1.165, 1.54) is 6.20 Å². The lowest BCUT2D eigenvalue weighted by molar-refractivity contribution is -0.140. The molecule has 0 unspecified atom stereocenters. The second-order valence-electron chi connectivity index (χ2n) is 7.90. The summed E-state index contributed by atoms with van der Waals surface area (Å²) in [5, 5.41) is 7.82. The first-order chi connectivity index (χ1) is 15.5. The fourth-order valence-corrected chi connectivity index (χ4v) is 3.61. The molecule has 4 rings (SSSR count). The van der Waals surface area contributed by atoms with Crippen molar-refractivity contribution >= 4 is 0 Å². The number of benzene rings is 1. The highest BCUT2D eigenvalue weighted by Crippen LogP contribution is 2.43. The van der Waals surface area contributed by atoms with Crippen LogP contribution >= 0.6 is 0 Å². The van der Waals surface area contributed by atoms with Gasteiger partial charge < -0.3 is 4.74 Å². The van der Waals surface area contributed by atoms with Crippen molar-refractivity contribution in [2.75, 3.05) is 6.61 Å². The SMILES string of the molecule is CCn1cc(Cn2cnn(-c3cc(OCC4CC(F)(F)C4)cc(C(F)(F)F)c3F)c2=O)cn1. The van der Waals surface area contributed by atoms with E-state index in [4.69, 9.17) is 4.74 Å². The van der Waals surface area contributed by atoms with E-state index < -0.39 is 59.4 Å². The Morgan fingerprint density at radius 1 is 1.21 bits per heavy atom. The molecular formula is C20H19F6N5O2. The lowest BCUT2D eigenvalue weighted by Gasteiger charge is -2.34. The Balaban J connectivity index is 1.64. The molecule has 0 amide bonds. The van der Waals surface area contributed by atoms with E-state index in [0.717, 1.165) is 17.0 Å². The quantitative estimate of drug-likeness (QED) is 0.487. The maximum atomic E-state index is 14.8. The Kier molecular flexibility index (Phi) is 5.74. The van der Waals surface area contributed by atoms with Crippen molar-refractivity contribution in [3.63, 3.8) is 0 Å². The second kappa shape index (κ2) is 8.27. The largest absolute Gasteiger partial charge is 0.493 e. The zero-order chi connectivity index (χ0) is 24.0. The zero-order valence-electron chi connectivity index (χ0n) is 17.3. The van der Waals surface area contributed by atoms with Crippen molar-refractivity contribution in [1.82, 2.24) is 24.1 Å². The van der Waals surface area contributed by atoms with Gasteiger partial charge in [-0.15, -0.1) is 0 Å². The highest BCUT2D eigenvalue weighted by Gasteiger charge is 2.45. The summed E-state index contributed by atoms with van der Waals surface area (Å²) in [7, 11) is 0. The van der Waals surface area contributed by atoms with Gasteiger partial charge in [0.15, 0.2) is 5.82 Å². The number of nitrogens with zero attached hydrogens (tertiary/aromatic N) is 5. The summed E-state index contributed by atoms with van der Waals surface area (Å²) in [5.74, 6) is -5.45. The van der Waals surface area contributed by atoms with Crippen LogP contribution < -0.4 is 10.4 Å². The average Bonchev–Trinajstić information content (AvgIpc) is 3.32. The van der Waals surface area contributed by atoms with Crippen LogP contribution in [0.4, 0.5) is 26.3 Å². The number of alkyl halides is 5. The van der Waals surface area contributed by atoms with Crippen LogP contribution in [0.15, 0.2) is 35.6 Å². The minimum atomic E-state index is -5.08. The summed E-state index contributed by atoms with van der Waals surface area (Å²) in [4.78, 5) is 12.7. The molecule has 33 heavy (non-hydrogen) atoms. The molecule has 13 heteroatoms. The van der Waals surface area contributed by atoms with Gasteiger partial charge in [-0.3, -0.25) is 9.25 Å². The predicted octanol–water partition coefficient (Wildman–Crippen LogP) is 3.88. The monoisotopic (exact) mass is 475 g/mol. The average molecular weight is 475 g/mol. The first kappa shape index (κ1) is 22.9. The van der Waals surface area contributed by atoms with Crippen LogP contribution in [-0.4, -0.2) is 36.7 Å². The maximum Gasteiger partial charge on any atom is 0.419 e. The lowest BCUT2D eigenvalue weighted by Crippen LogP contribution is -2.38. The van der Waals surface area contributed by atoms with Crippen LogP contribution in [0.25, 0.3) is 5.69 Å². The van der Waals surface area contributed by atoms with Gasteiger partial charge in [0, 0.05) is 43.1 Å². The minimum absolute atomic E-state index is 0.0265. The molecule has 0 radical (unpaired) electrons. The number of aromatic nitrogens is 5. The molecule has 1 aliphatic carbocycles. The van der Waals surface area contributed by atoms with Crippen LogP contribution in [0, 0.1) is 11.7 Å². The third-order valence-corrected chi connectivity index (χ3v) is 5.32. The molecule has 1 aliphatic rings. The highest BCUT2D eigenvalue weighted by molar-refractivity contribution is 5.45. The van der Waals surface area contributed by atoms with Gasteiger partial charge in [0.1, 0.15) is 17.8 Å². The molecular weight excluding hydrogens is 456 g/mol. The van der Waals surface area contributed by atoms with E-state index >= 15 is 0 Å². The van der Waals surface area contributed by atoms with Crippen LogP contribution in [0.1, 0.15) is 30.9 Å². The molecule has 0 saturated heterocycles. The van der Waals surface area contributed by atoms with Crippen LogP contribution in [0.2, 0.25) is 0 Å². The predicted molar refractivity (Wildman–Crippen MR) is 103 cm³/mol. The van der Waals surface area contributed by atoms with E-state index in [1.807, 2.05) is 6.92 Å². The normalized spacial score (nSPS) is 16.1. The van der Waals surface area contributed by atoms with Crippen molar-refractivity contribution in [2.24, 2.45) is 5.92 Å². The minimum Gasteiger partial charge on any atom is -0.493 e. The molecule has 0 spiro atoms. The molecule has 7 nitrogen and oxygen atoms in total. The fraction of sp³-hybridized carbons (Fsp3) is 0.450. The Bertz CT molecular complexity index is 1200. The zero-order valence-corrected chi connectivity index (χ0v) is 17.3.